The van der Waals surface area contributed by atoms with Crippen LogP contribution in [0.3, 0.4) is 0 Å². The van der Waals surface area contributed by atoms with Crippen molar-refractivity contribution in [1.29, 1.82) is 0 Å². The van der Waals surface area contributed by atoms with Gasteiger partial charge in [0.05, 0.1) is 4.88 Å². The van der Waals surface area contributed by atoms with E-state index in [-0.39, 0.29) is 6.67 Å². The van der Waals surface area contributed by atoms with E-state index in [4.69, 9.17) is 0 Å². The zero-order valence-electron chi connectivity index (χ0n) is 7.50. The van der Waals surface area contributed by atoms with Gasteiger partial charge in [0.25, 0.3) is 0 Å². The summed E-state index contributed by atoms with van der Waals surface area (Å²) >= 11 is 1.48. The lowest BCUT2D eigenvalue weighted by atomic mass is 10.1. The van der Waals surface area contributed by atoms with Crippen molar-refractivity contribution in [2.45, 2.75) is 25.9 Å². The Morgan fingerprint density at radius 1 is 1.38 bits per heavy atom. The SMILES string of the molecule is FCc1cnc(N2CCCCC2)s1. The summed E-state index contributed by atoms with van der Waals surface area (Å²) in [5.41, 5.74) is 0. The van der Waals surface area contributed by atoms with E-state index in [9.17, 15) is 4.39 Å². The molecule has 0 amide bonds. The number of aromatic nitrogens is 1. The minimum absolute atomic E-state index is 0.383. The maximum atomic E-state index is 12.3. The Morgan fingerprint density at radius 2 is 2.15 bits per heavy atom. The average Bonchev–Trinajstić information content (AvgIpc) is 2.67. The summed E-state index contributed by atoms with van der Waals surface area (Å²) in [6.07, 6.45) is 5.45. The zero-order valence-corrected chi connectivity index (χ0v) is 8.32. The molecule has 0 saturated carbocycles. The summed E-state index contributed by atoms with van der Waals surface area (Å²) in [6, 6.07) is 0. The van der Waals surface area contributed by atoms with E-state index in [1.54, 1.807) is 6.20 Å². The summed E-state index contributed by atoms with van der Waals surface area (Å²) in [5, 5.41) is 0.993. The fourth-order valence-electron chi connectivity index (χ4n) is 1.59. The van der Waals surface area contributed by atoms with Crippen molar-refractivity contribution < 1.29 is 4.39 Å². The monoisotopic (exact) mass is 200 g/mol. The normalized spacial score (nSPS) is 17.8. The Kier molecular flexibility index (Phi) is 2.78. The first-order valence-corrected chi connectivity index (χ1v) is 5.47. The van der Waals surface area contributed by atoms with E-state index in [0.29, 0.717) is 0 Å². The van der Waals surface area contributed by atoms with Crippen molar-refractivity contribution in [1.82, 2.24) is 4.98 Å². The Hall–Kier alpha value is -0.640. The van der Waals surface area contributed by atoms with Crippen molar-refractivity contribution in [3.05, 3.63) is 11.1 Å². The van der Waals surface area contributed by atoms with Gasteiger partial charge in [0.2, 0.25) is 0 Å². The van der Waals surface area contributed by atoms with Gasteiger partial charge in [0.1, 0.15) is 6.67 Å². The molecule has 72 valence electrons. The van der Waals surface area contributed by atoms with E-state index >= 15 is 0 Å². The van der Waals surface area contributed by atoms with E-state index in [0.717, 1.165) is 23.1 Å². The van der Waals surface area contributed by atoms with Crippen LogP contribution in [0.2, 0.25) is 0 Å². The number of hydrogen-bond donors (Lipinski definition) is 0. The highest BCUT2D eigenvalue weighted by Crippen LogP contribution is 2.25. The van der Waals surface area contributed by atoms with Crippen LogP contribution in [-0.2, 0) is 6.67 Å². The molecule has 0 atom stereocenters. The van der Waals surface area contributed by atoms with Gasteiger partial charge in [-0.05, 0) is 19.3 Å². The number of thiazole rings is 1. The molecule has 2 heterocycles. The first kappa shape index (κ1) is 8.94. The van der Waals surface area contributed by atoms with Crippen LogP contribution in [0.1, 0.15) is 24.1 Å². The zero-order chi connectivity index (χ0) is 9.10. The van der Waals surface area contributed by atoms with E-state index in [1.165, 1.54) is 30.6 Å². The summed E-state index contributed by atoms with van der Waals surface area (Å²) in [6.45, 7) is 1.78. The molecule has 0 unspecified atom stereocenters. The van der Waals surface area contributed by atoms with Crippen LogP contribution in [-0.4, -0.2) is 18.1 Å². The van der Waals surface area contributed by atoms with E-state index in [2.05, 4.69) is 9.88 Å². The number of rotatable bonds is 2. The van der Waals surface area contributed by atoms with Crippen LogP contribution in [0.15, 0.2) is 6.20 Å². The number of alkyl halides is 1. The first-order valence-electron chi connectivity index (χ1n) is 4.66. The number of piperidine rings is 1. The number of anilines is 1. The summed E-state index contributed by atoms with van der Waals surface area (Å²) in [4.78, 5) is 7.21. The van der Waals surface area contributed by atoms with Crippen molar-refractivity contribution in [3.8, 4) is 0 Å². The Bertz CT molecular complexity index is 268. The van der Waals surface area contributed by atoms with Crippen LogP contribution in [0.5, 0.6) is 0 Å². The van der Waals surface area contributed by atoms with Crippen LogP contribution in [0.25, 0.3) is 0 Å². The second-order valence-electron chi connectivity index (χ2n) is 3.29. The molecule has 0 aromatic carbocycles. The van der Waals surface area contributed by atoms with Crippen molar-refractivity contribution in [3.63, 3.8) is 0 Å². The summed E-state index contributed by atoms with van der Waals surface area (Å²) < 4.78 is 12.3. The van der Waals surface area contributed by atoms with E-state index in [1.807, 2.05) is 0 Å². The van der Waals surface area contributed by atoms with Gasteiger partial charge in [0, 0.05) is 19.3 Å². The maximum absolute atomic E-state index is 12.3. The summed E-state index contributed by atoms with van der Waals surface area (Å²) in [5.74, 6) is 0. The predicted molar refractivity (Wildman–Crippen MR) is 53.0 cm³/mol. The van der Waals surface area contributed by atoms with Gasteiger partial charge in [-0.1, -0.05) is 11.3 Å². The van der Waals surface area contributed by atoms with Crippen LogP contribution in [0, 0.1) is 0 Å². The third kappa shape index (κ3) is 1.99. The summed E-state index contributed by atoms with van der Waals surface area (Å²) in [7, 11) is 0. The lowest BCUT2D eigenvalue weighted by Crippen LogP contribution is -2.29. The fraction of sp³-hybridized carbons (Fsp3) is 0.667. The molecule has 2 rings (SSSR count). The molecule has 0 spiro atoms. The molecule has 1 aliphatic heterocycles. The molecule has 1 aromatic heterocycles. The lowest BCUT2D eigenvalue weighted by molar-refractivity contribution is 0.491. The molecule has 1 fully saturated rings. The third-order valence-corrected chi connectivity index (χ3v) is 3.32. The molecule has 1 saturated heterocycles. The van der Waals surface area contributed by atoms with Gasteiger partial charge >= 0.3 is 0 Å². The first-order chi connectivity index (χ1) is 6.40. The molecule has 0 aliphatic carbocycles. The van der Waals surface area contributed by atoms with Crippen molar-refractivity contribution in [2.75, 3.05) is 18.0 Å². The Morgan fingerprint density at radius 3 is 2.77 bits per heavy atom. The Balaban J connectivity index is 2.05. The van der Waals surface area contributed by atoms with Crippen molar-refractivity contribution in [2.24, 2.45) is 0 Å². The molecule has 1 aromatic rings. The minimum atomic E-state index is -0.383. The van der Waals surface area contributed by atoms with Crippen LogP contribution >= 0.6 is 11.3 Å². The highest BCUT2D eigenvalue weighted by molar-refractivity contribution is 7.15. The van der Waals surface area contributed by atoms with E-state index < -0.39 is 0 Å². The fourth-order valence-corrected chi connectivity index (χ4v) is 2.40. The van der Waals surface area contributed by atoms with Gasteiger partial charge in [0.15, 0.2) is 5.13 Å². The molecule has 4 heteroatoms. The second kappa shape index (κ2) is 4.05. The van der Waals surface area contributed by atoms with Gasteiger partial charge in [-0.2, -0.15) is 0 Å². The average molecular weight is 200 g/mol. The molecule has 0 radical (unpaired) electrons. The van der Waals surface area contributed by atoms with Crippen LogP contribution in [0.4, 0.5) is 9.52 Å². The number of hydrogen-bond acceptors (Lipinski definition) is 3. The Labute approximate surface area is 81.4 Å². The van der Waals surface area contributed by atoms with Gasteiger partial charge in [-0.25, -0.2) is 9.37 Å². The van der Waals surface area contributed by atoms with Gasteiger partial charge in [-0.15, -0.1) is 0 Å². The molecule has 0 N–H and O–H groups in total. The van der Waals surface area contributed by atoms with Gasteiger partial charge < -0.3 is 4.90 Å². The quantitative estimate of drug-likeness (QED) is 0.729. The second-order valence-corrected chi connectivity index (χ2v) is 4.38. The lowest BCUT2D eigenvalue weighted by Gasteiger charge is -2.25. The van der Waals surface area contributed by atoms with Crippen LogP contribution < -0.4 is 4.90 Å². The third-order valence-electron chi connectivity index (χ3n) is 2.30. The molecule has 13 heavy (non-hydrogen) atoms. The largest absolute Gasteiger partial charge is 0.348 e. The highest BCUT2D eigenvalue weighted by Gasteiger charge is 2.13. The minimum Gasteiger partial charge on any atom is -0.348 e. The molecule has 1 aliphatic rings. The smallest absolute Gasteiger partial charge is 0.185 e. The molecular formula is C9H13FN2S. The molecule has 2 nitrogen and oxygen atoms in total. The standard InChI is InChI=1S/C9H13FN2S/c10-6-8-7-11-9(13-8)12-4-2-1-3-5-12/h7H,1-6H2. The molecular weight excluding hydrogens is 187 g/mol. The van der Waals surface area contributed by atoms with Gasteiger partial charge in [-0.3, -0.25) is 0 Å². The maximum Gasteiger partial charge on any atom is 0.185 e. The number of halogens is 1. The predicted octanol–water partition coefficient (Wildman–Crippen LogP) is 2.60. The topological polar surface area (TPSA) is 16.1 Å². The molecule has 0 bridgehead atoms. The van der Waals surface area contributed by atoms with Crippen molar-refractivity contribution >= 4 is 16.5 Å². The highest BCUT2D eigenvalue weighted by atomic mass is 32.1. The number of nitrogens with zero attached hydrogens (tertiary/aromatic N) is 2.